The van der Waals surface area contributed by atoms with Crippen molar-refractivity contribution in [3.05, 3.63) is 57.8 Å². The van der Waals surface area contributed by atoms with Crippen LogP contribution in [-0.2, 0) is 14.8 Å². The second-order valence-corrected chi connectivity index (χ2v) is 8.93. The molecule has 0 aromatic heterocycles. The number of sulfonamides is 1. The highest BCUT2D eigenvalue weighted by molar-refractivity contribution is 9.10. The van der Waals surface area contributed by atoms with Crippen LogP contribution in [0.5, 0.6) is 0 Å². The molecule has 2 aromatic carbocycles. The molecule has 1 aliphatic rings. The van der Waals surface area contributed by atoms with Gasteiger partial charge in [0.05, 0.1) is 23.7 Å². The molecule has 6 nitrogen and oxygen atoms in total. The first-order valence-electron chi connectivity index (χ1n) is 8.24. The van der Waals surface area contributed by atoms with Gasteiger partial charge in [0.2, 0.25) is 10.0 Å². The Hall–Kier alpha value is -1.81. The predicted octanol–water partition coefficient (Wildman–Crippen LogP) is 3.17. The van der Waals surface area contributed by atoms with Crippen LogP contribution in [0.2, 0.25) is 0 Å². The van der Waals surface area contributed by atoms with Crippen molar-refractivity contribution < 1.29 is 22.3 Å². The van der Waals surface area contributed by atoms with E-state index in [1.54, 1.807) is 19.1 Å². The zero-order chi connectivity index (χ0) is 19.6. The van der Waals surface area contributed by atoms with E-state index in [-0.39, 0.29) is 23.5 Å². The maximum atomic E-state index is 14.2. The largest absolute Gasteiger partial charge is 0.379 e. The van der Waals surface area contributed by atoms with Crippen molar-refractivity contribution in [2.24, 2.45) is 0 Å². The average molecular weight is 457 g/mol. The van der Waals surface area contributed by atoms with Crippen LogP contribution in [0.3, 0.4) is 0 Å². The van der Waals surface area contributed by atoms with Gasteiger partial charge in [-0.15, -0.1) is 0 Å². The Morgan fingerprint density at radius 2 is 1.89 bits per heavy atom. The van der Waals surface area contributed by atoms with Crippen LogP contribution in [0, 0.1) is 12.7 Å². The topological polar surface area (TPSA) is 75.7 Å². The first-order chi connectivity index (χ1) is 12.8. The average Bonchev–Trinajstić information content (AvgIpc) is 2.65. The molecule has 0 atom stereocenters. The van der Waals surface area contributed by atoms with Crippen molar-refractivity contribution in [1.82, 2.24) is 4.31 Å². The summed E-state index contributed by atoms with van der Waals surface area (Å²) in [5.74, 6) is -1.51. The van der Waals surface area contributed by atoms with Gasteiger partial charge in [-0.3, -0.25) is 4.79 Å². The van der Waals surface area contributed by atoms with Crippen LogP contribution in [0.25, 0.3) is 0 Å². The van der Waals surface area contributed by atoms with E-state index in [2.05, 4.69) is 21.2 Å². The number of halogens is 2. The van der Waals surface area contributed by atoms with Crippen molar-refractivity contribution in [1.29, 1.82) is 0 Å². The predicted molar refractivity (Wildman–Crippen MR) is 103 cm³/mol. The number of rotatable bonds is 4. The Kier molecular flexibility index (Phi) is 5.95. The van der Waals surface area contributed by atoms with E-state index in [0.717, 1.165) is 22.2 Å². The van der Waals surface area contributed by atoms with Gasteiger partial charge in [0.15, 0.2) is 0 Å². The van der Waals surface area contributed by atoms with Crippen molar-refractivity contribution >= 4 is 37.5 Å². The summed E-state index contributed by atoms with van der Waals surface area (Å²) < 4.78 is 46.9. The molecule has 0 radical (unpaired) electrons. The van der Waals surface area contributed by atoms with E-state index >= 15 is 0 Å². The molecule has 27 heavy (non-hydrogen) atoms. The van der Waals surface area contributed by atoms with E-state index in [9.17, 15) is 17.6 Å². The van der Waals surface area contributed by atoms with Gasteiger partial charge in [0.1, 0.15) is 5.82 Å². The van der Waals surface area contributed by atoms with E-state index in [0.29, 0.717) is 18.9 Å². The molecule has 1 aliphatic heterocycles. The first-order valence-corrected chi connectivity index (χ1v) is 10.5. The van der Waals surface area contributed by atoms with Crippen LogP contribution in [0.1, 0.15) is 15.9 Å². The SMILES string of the molecule is Cc1ccc(Br)cc1NC(=O)c1cc(S(=O)(=O)N2CCOCC2)ccc1F. The third-order valence-corrected chi connectivity index (χ3v) is 6.63. The molecule has 9 heteroatoms. The zero-order valence-corrected chi connectivity index (χ0v) is 16.9. The van der Waals surface area contributed by atoms with Crippen LogP contribution in [-0.4, -0.2) is 44.9 Å². The van der Waals surface area contributed by atoms with Gasteiger partial charge in [-0.25, -0.2) is 12.8 Å². The lowest BCUT2D eigenvalue weighted by molar-refractivity contribution is 0.0730. The third-order valence-electron chi connectivity index (χ3n) is 4.24. The number of nitrogens with one attached hydrogen (secondary N) is 1. The minimum atomic E-state index is -3.82. The summed E-state index contributed by atoms with van der Waals surface area (Å²) in [6.45, 7) is 2.85. The molecule has 0 saturated carbocycles. The summed E-state index contributed by atoms with van der Waals surface area (Å²) in [4.78, 5) is 12.4. The number of nitrogens with zero attached hydrogens (tertiary/aromatic N) is 1. The summed E-state index contributed by atoms with van der Waals surface area (Å²) in [6, 6.07) is 8.55. The Bertz CT molecular complexity index is 975. The van der Waals surface area contributed by atoms with Gasteiger partial charge in [-0.2, -0.15) is 4.31 Å². The number of hydrogen-bond donors (Lipinski definition) is 1. The van der Waals surface area contributed by atoms with E-state index < -0.39 is 21.7 Å². The van der Waals surface area contributed by atoms with Crippen LogP contribution in [0.4, 0.5) is 10.1 Å². The fraction of sp³-hybridized carbons (Fsp3) is 0.278. The number of morpholine rings is 1. The number of carbonyl (C=O) groups excluding carboxylic acids is 1. The quantitative estimate of drug-likeness (QED) is 0.766. The van der Waals surface area contributed by atoms with Crippen molar-refractivity contribution in [2.75, 3.05) is 31.6 Å². The maximum Gasteiger partial charge on any atom is 0.258 e. The minimum absolute atomic E-state index is 0.123. The standard InChI is InChI=1S/C18H18BrFN2O4S/c1-12-2-3-13(19)10-17(12)21-18(23)15-11-14(4-5-16(15)20)27(24,25)22-6-8-26-9-7-22/h2-5,10-11H,6-9H2,1H3,(H,21,23). The Morgan fingerprint density at radius 1 is 1.19 bits per heavy atom. The van der Waals surface area contributed by atoms with E-state index in [1.165, 1.54) is 10.4 Å². The van der Waals surface area contributed by atoms with Gasteiger partial charge in [0.25, 0.3) is 5.91 Å². The Balaban J connectivity index is 1.91. The van der Waals surface area contributed by atoms with Gasteiger partial charge < -0.3 is 10.1 Å². The van der Waals surface area contributed by atoms with Crippen molar-refractivity contribution in [3.63, 3.8) is 0 Å². The first kappa shape index (κ1) is 19.9. The highest BCUT2D eigenvalue weighted by Crippen LogP contribution is 2.24. The molecule has 0 aliphatic carbocycles. The number of ether oxygens (including phenoxy) is 1. The Morgan fingerprint density at radius 3 is 2.59 bits per heavy atom. The van der Waals surface area contributed by atoms with Crippen molar-refractivity contribution in [3.8, 4) is 0 Å². The zero-order valence-electron chi connectivity index (χ0n) is 14.5. The van der Waals surface area contributed by atoms with Gasteiger partial charge in [-0.05, 0) is 42.8 Å². The summed E-state index contributed by atoms with van der Waals surface area (Å²) in [5.41, 5.74) is 0.975. The van der Waals surface area contributed by atoms with Gasteiger partial charge in [-0.1, -0.05) is 22.0 Å². The van der Waals surface area contributed by atoms with Crippen LogP contribution >= 0.6 is 15.9 Å². The molecule has 1 fully saturated rings. The molecule has 1 amide bonds. The van der Waals surface area contributed by atoms with Crippen LogP contribution in [0.15, 0.2) is 45.8 Å². The van der Waals surface area contributed by atoms with Gasteiger partial charge >= 0.3 is 0 Å². The lowest BCUT2D eigenvalue weighted by atomic mass is 10.1. The molecular formula is C18H18BrFN2O4S. The third kappa shape index (κ3) is 4.37. The lowest BCUT2D eigenvalue weighted by Gasteiger charge is -2.26. The molecule has 144 valence electrons. The minimum Gasteiger partial charge on any atom is -0.379 e. The number of carbonyl (C=O) groups is 1. The molecule has 0 bridgehead atoms. The monoisotopic (exact) mass is 456 g/mol. The number of anilines is 1. The summed E-state index contributed by atoms with van der Waals surface area (Å²) >= 11 is 3.32. The molecule has 1 saturated heterocycles. The highest BCUT2D eigenvalue weighted by Gasteiger charge is 2.28. The highest BCUT2D eigenvalue weighted by atomic mass is 79.9. The fourth-order valence-corrected chi connectivity index (χ4v) is 4.49. The van der Waals surface area contributed by atoms with Crippen molar-refractivity contribution in [2.45, 2.75) is 11.8 Å². The number of benzene rings is 2. The second kappa shape index (κ2) is 8.05. The van der Waals surface area contributed by atoms with E-state index in [1.807, 2.05) is 6.07 Å². The lowest BCUT2D eigenvalue weighted by Crippen LogP contribution is -2.40. The summed E-state index contributed by atoms with van der Waals surface area (Å²) in [5, 5.41) is 2.63. The fourth-order valence-electron chi connectivity index (χ4n) is 2.69. The second-order valence-electron chi connectivity index (χ2n) is 6.07. The van der Waals surface area contributed by atoms with E-state index in [4.69, 9.17) is 4.74 Å². The number of aryl methyl sites for hydroxylation is 1. The molecule has 1 heterocycles. The summed E-state index contributed by atoms with van der Waals surface area (Å²) in [7, 11) is -3.82. The normalized spacial score (nSPS) is 15.5. The maximum absolute atomic E-state index is 14.2. The smallest absolute Gasteiger partial charge is 0.258 e. The number of hydrogen-bond acceptors (Lipinski definition) is 4. The molecule has 2 aromatic rings. The van der Waals surface area contributed by atoms with Gasteiger partial charge in [0, 0.05) is 23.2 Å². The molecule has 0 unspecified atom stereocenters. The van der Waals surface area contributed by atoms with Crippen LogP contribution < -0.4 is 5.32 Å². The molecule has 3 rings (SSSR count). The number of amides is 1. The molecule has 0 spiro atoms. The summed E-state index contributed by atoms with van der Waals surface area (Å²) in [6.07, 6.45) is 0. The molecular weight excluding hydrogens is 439 g/mol. The Labute approximate surface area is 165 Å². The molecule has 1 N–H and O–H groups in total.